The Labute approximate surface area is 154 Å². The van der Waals surface area contributed by atoms with Crippen molar-refractivity contribution in [3.8, 4) is 0 Å². The lowest BCUT2D eigenvalue weighted by molar-refractivity contribution is 0.0730. The minimum atomic E-state index is -3.53. The normalized spacial score (nSPS) is 20.0. The van der Waals surface area contributed by atoms with Crippen LogP contribution in [0.3, 0.4) is 0 Å². The summed E-state index contributed by atoms with van der Waals surface area (Å²) in [6, 6.07) is 6.12. The molecule has 0 atom stereocenters. The predicted molar refractivity (Wildman–Crippen MR) is 97.7 cm³/mol. The summed E-state index contributed by atoms with van der Waals surface area (Å²) in [6.45, 7) is 6.87. The molecule has 2 heterocycles. The number of hydrogen-bond donors (Lipinski definition) is 2. The van der Waals surface area contributed by atoms with Crippen molar-refractivity contribution in [1.82, 2.24) is 19.8 Å². The molecular formula is C17H26N4O4S. The average Bonchev–Trinajstić information content (AvgIpc) is 2.69. The fourth-order valence-corrected chi connectivity index (χ4v) is 4.49. The third-order valence-electron chi connectivity index (χ3n) is 4.65. The summed E-state index contributed by atoms with van der Waals surface area (Å²) in [5.41, 5.74) is 0.464. The van der Waals surface area contributed by atoms with Gasteiger partial charge in [0.25, 0.3) is 5.91 Å². The van der Waals surface area contributed by atoms with Crippen LogP contribution in [-0.2, 0) is 14.8 Å². The molecule has 2 aliphatic heterocycles. The third kappa shape index (κ3) is 4.80. The summed E-state index contributed by atoms with van der Waals surface area (Å²) >= 11 is 0. The number of ether oxygens (including phenoxy) is 1. The fourth-order valence-electron chi connectivity index (χ4n) is 3.08. The molecule has 1 aromatic rings. The van der Waals surface area contributed by atoms with Crippen LogP contribution in [0.5, 0.6) is 0 Å². The highest BCUT2D eigenvalue weighted by molar-refractivity contribution is 7.89. The first kappa shape index (κ1) is 19.2. The maximum Gasteiger partial charge on any atom is 0.251 e. The standard InChI is InChI=1S/C17H26N4O4S/c22-17(19-7-10-20-8-5-18-6-9-20)15-1-3-16(4-2-15)26(23,24)21-11-13-25-14-12-21/h1-4,18H,5-14H2,(H,19,22). The first-order chi connectivity index (χ1) is 12.6. The minimum absolute atomic E-state index is 0.185. The number of hydrogen-bond acceptors (Lipinski definition) is 6. The second kappa shape index (κ2) is 8.92. The van der Waals surface area contributed by atoms with Gasteiger partial charge >= 0.3 is 0 Å². The Morgan fingerprint density at radius 2 is 1.73 bits per heavy atom. The molecule has 3 rings (SSSR count). The Balaban J connectivity index is 1.53. The van der Waals surface area contributed by atoms with Gasteiger partial charge in [-0.3, -0.25) is 9.69 Å². The summed E-state index contributed by atoms with van der Waals surface area (Å²) in [5.74, 6) is -0.185. The molecular weight excluding hydrogens is 356 g/mol. The zero-order chi connectivity index (χ0) is 18.4. The SMILES string of the molecule is O=C(NCCN1CCNCC1)c1ccc(S(=O)(=O)N2CCOCC2)cc1. The summed E-state index contributed by atoms with van der Waals surface area (Å²) in [4.78, 5) is 14.7. The minimum Gasteiger partial charge on any atom is -0.379 e. The van der Waals surface area contributed by atoms with Crippen molar-refractivity contribution in [1.29, 1.82) is 0 Å². The summed E-state index contributed by atoms with van der Waals surface area (Å²) < 4.78 is 31.8. The molecule has 26 heavy (non-hydrogen) atoms. The van der Waals surface area contributed by atoms with Gasteiger partial charge < -0.3 is 15.4 Å². The van der Waals surface area contributed by atoms with Crippen molar-refractivity contribution in [3.05, 3.63) is 29.8 Å². The molecule has 2 saturated heterocycles. The van der Waals surface area contributed by atoms with E-state index in [-0.39, 0.29) is 10.8 Å². The largest absolute Gasteiger partial charge is 0.379 e. The number of carbonyl (C=O) groups excluding carboxylic acids is 1. The molecule has 1 amide bonds. The molecule has 0 aromatic heterocycles. The summed E-state index contributed by atoms with van der Waals surface area (Å²) in [5, 5.41) is 6.18. The van der Waals surface area contributed by atoms with E-state index in [0.717, 1.165) is 32.7 Å². The summed E-state index contributed by atoms with van der Waals surface area (Å²) in [6.07, 6.45) is 0. The number of carbonyl (C=O) groups is 1. The Hall–Kier alpha value is -1.52. The van der Waals surface area contributed by atoms with Crippen LogP contribution in [-0.4, -0.2) is 89.1 Å². The number of morpholine rings is 1. The van der Waals surface area contributed by atoms with E-state index in [9.17, 15) is 13.2 Å². The topological polar surface area (TPSA) is 91.0 Å². The molecule has 0 bridgehead atoms. The predicted octanol–water partition coefficient (Wildman–Crippen LogP) is -0.657. The van der Waals surface area contributed by atoms with Gasteiger partial charge in [0.1, 0.15) is 0 Å². The lowest BCUT2D eigenvalue weighted by atomic mass is 10.2. The van der Waals surface area contributed by atoms with Crippen molar-refractivity contribution in [2.45, 2.75) is 4.90 Å². The first-order valence-electron chi connectivity index (χ1n) is 8.96. The van der Waals surface area contributed by atoms with E-state index in [1.807, 2.05) is 0 Å². The van der Waals surface area contributed by atoms with Crippen molar-refractivity contribution >= 4 is 15.9 Å². The van der Waals surface area contributed by atoms with E-state index in [2.05, 4.69) is 15.5 Å². The van der Waals surface area contributed by atoms with Crippen LogP contribution in [0.15, 0.2) is 29.2 Å². The van der Waals surface area contributed by atoms with Gasteiger partial charge in [-0.2, -0.15) is 4.31 Å². The number of nitrogens with one attached hydrogen (secondary N) is 2. The molecule has 2 N–H and O–H groups in total. The molecule has 144 valence electrons. The van der Waals surface area contributed by atoms with Crippen LogP contribution in [0, 0.1) is 0 Å². The van der Waals surface area contributed by atoms with E-state index in [1.165, 1.54) is 16.4 Å². The van der Waals surface area contributed by atoms with Crippen molar-refractivity contribution in [2.75, 3.05) is 65.6 Å². The Morgan fingerprint density at radius 1 is 1.08 bits per heavy atom. The number of benzene rings is 1. The molecule has 1 aromatic carbocycles. The van der Waals surface area contributed by atoms with E-state index >= 15 is 0 Å². The van der Waals surface area contributed by atoms with Crippen LogP contribution in [0.2, 0.25) is 0 Å². The fraction of sp³-hybridized carbons (Fsp3) is 0.588. The van der Waals surface area contributed by atoms with E-state index in [0.29, 0.717) is 38.4 Å². The Bertz CT molecular complexity index is 696. The van der Waals surface area contributed by atoms with Crippen molar-refractivity contribution < 1.29 is 17.9 Å². The van der Waals surface area contributed by atoms with Crippen molar-refractivity contribution in [3.63, 3.8) is 0 Å². The highest BCUT2D eigenvalue weighted by Crippen LogP contribution is 2.17. The molecule has 0 saturated carbocycles. The quantitative estimate of drug-likeness (QED) is 0.679. The Kier molecular flexibility index (Phi) is 6.60. The lowest BCUT2D eigenvalue weighted by Gasteiger charge is -2.27. The molecule has 0 unspecified atom stereocenters. The van der Waals surface area contributed by atoms with Crippen molar-refractivity contribution in [2.24, 2.45) is 0 Å². The maximum absolute atomic E-state index is 12.6. The van der Waals surface area contributed by atoms with Gasteiger partial charge in [-0.25, -0.2) is 8.42 Å². The molecule has 0 radical (unpaired) electrons. The van der Waals surface area contributed by atoms with E-state index in [1.54, 1.807) is 12.1 Å². The lowest BCUT2D eigenvalue weighted by Crippen LogP contribution is -2.46. The van der Waals surface area contributed by atoms with Crippen LogP contribution >= 0.6 is 0 Å². The van der Waals surface area contributed by atoms with Crippen LogP contribution < -0.4 is 10.6 Å². The van der Waals surface area contributed by atoms with E-state index in [4.69, 9.17) is 4.74 Å². The van der Waals surface area contributed by atoms with Gasteiger partial charge in [0.15, 0.2) is 0 Å². The van der Waals surface area contributed by atoms with E-state index < -0.39 is 10.0 Å². The van der Waals surface area contributed by atoms with Gasteiger partial charge in [0, 0.05) is 57.9 Å². The zero-order valence-corrected chi connectivity index (χ0v) is 15.6. The number of nitrogens with zero attached hydrogens (tertiary/aromatic N) is 2. The maximum atomic E-state index is 12.6. The molecule has 0 aliphatic carbocycles. The van der Waals surface area contributed by atoms with Crippen LogP contribution in [0.4, 0.5) is 0 Å². The average molecular weight is 382 g/mol. The van der Waals surface area contributed by atoms with Crippen LogP contribution in [0.25, 0.3) is 0 Å². The summed E-state index contributed by atoms with van der Waals surface area (Å²) in [7, 11) is -3.53. The number of rotatable bonds is 6. The molecule has 2 aliphatic rings. The molecule has 9 heteroatoms. The molecule has 2 fully saturated rings. The smallest absolute Gasteiger partial charge is 0.251 e. The number of piperazine rings is 1. The molecule has 0 spiro atoms. The second-order valence-electron chi connectivity index (χ2n) is 6.39. The number of sulfonamides is 1. The van der Waals surface area contributed by atoms with Gasteiger partial charge in [-0.15, -0.1) is 0 Å². The van der Waals surface area contributed by atoms with Gasteiger partial charge in [0.2, 0.25) is 10.0 Å². The highest BCUT2D eigenvalue weighted by Gasteiger charge is 2.26. The second-order valence-corrected chi connectivity index (χ2v) is 8.33. The van der Waals surface area contributed by atoms with Gasteiger partial charge in [-0.05, 0) is 24.3 Å². The van der Waals surface area contributed by atoms with Gasteiger partial charge in [-0.1, -0.05) is 0 Å². The van der Waals surface area contributed by atoms with Gasteiger partial charge in [0.05, 0.1) is 18.1 Å². The Morgan fingerprint density at radius 3 is 2.38 bits per heavy atom. The highest BCUT2D eigenvalue weighted by atomic mass is 32.2. The zero-order valence-electron chi connectivity index (χ0n) is 14.8. The monoisotopic (exact) mass is 382 g/mol. The third-order valence-corrected chi connectivity index (χ3v) is 6.56. The molecule has 8 nitrogen and oxygen atoms in total. The van der Waals surface area contributed by atoms with Crippen LogP contribution in [0.1, 0.15) is 10.4 Å². The number of amides is 1. The first-order valence-corrected chi connectivity index (χ1v) is 10.4.